The van der Waals surface area contributed by atoms with Gasteiger partial charge in [-0.1, -0.05) is 42.0 Å². The smallest absolute Gasteiger partial charge is 0.246 e. The highest BCUT2D eigenvalue weighted by atomic mass is 32.1. The summed E-state index contributed by atoms with van der Waals surface area (Å²) in [5, 5.41) is 1.96. The Bertz CT molecular complexity index is 1810. The van der Waals surface area contributed by atoms with Crippen LogP contribution in [0.1, 0.15) is 39.1 Å². The molecule has 0 aliphatic carbocycles. The molecular formula is C40H42N4O4S. The number of carbonyl (C=O) groups is 1. The van der Waals surface area contributed by atoms with Crippen LogP contribution in [-0.4, -0.2) is 58.5 Å². The molecule has 5 aromatic rings. The predicted molar refractivity (Wildman–Crippen MR) is 194 cm³/mol. The Morgan fingerprint density at radius 3 is 2.22 bits per heavy atom. The summed E-state index contributed by atoms with van der Waals surface area (Å²) < 4.78 is 17.8. The van der Waals surface area contributed by atoms with Crippen molar-refractivity contribution in [3.63, 3.8) is 0 Å². The zero-order valence-corrected chi connectivity index (χ0v) is 29.1. The van der Waals surface area contributed by atoms with Gasteiger partial charge >= 0.3 is 0 Å². The fourth-order valence-electron chi connectivity index (χ4n) is 5.71. The summed E-state index contributed by atoms with van der Waals surface area (Å²) in [5.41, 5.74) is 9.35. The zero-order chi connectivity index (χ0) is 34.0. The van der Waals surface area contributed by atoms with E-state index in [0.717, 1.165) is 59.9 Å². The second kappa shape index (κ2) is 16.4. The predicted octanol–water partition coefficient (Wildman–Crippen LogP) is 7.81. The molecule has 0 unspecified atom stereocenters. The van der Waals surface area contributed by atoms with Crippen LogP contribution in [0.15, 0.2) is 96.0 Å². The number of hydrogen-bond acceptors (Lipinski definition) is 8. The molecule has 9 heteroatoms. The Kier molecular flexibility index (Phi) is 11.4. The molecule has 0 N–H and O–H groups in total. The molecule has 8 nitrogen and oxygen atoms in total. The molecule has 0 atom stereocenters. The number of aryl methyl sites for hydroxylation is 3. The molecule has 252 valence electrons. The van der Waals surface area contributed by atoms with Gasteiger partial charge in [0.2, 0.25) is 11.8 Å². The summed E-state index contributed by atoms with van der Waals surface area (Å²) in [4.78, 5) is 26.0. The number of amides is 1. The summed E-state index contributed by atoms with van der Waals surface area (Å²) in [6.45, 7) is 11.1. The van der Waals surface area contributed by atoms with Crippen molar-refractivity contribution < 1.29 is 19.0 Å². The third-order valence-corrected chi connectivity index (χ3v) is 9.12. The van der Waals surface area contributed by atoms with E-state index in [0.29, 0.717) is 37.9 Å². The first-order chi connectivity index (χ1) is 23.9. The van der Waals surface area contributed by atoms with Crippen LogP contribution in [0, 0.1) is 20.8 Å². The number of nitrogens with zero attached hydrogens (tertiary/aromatic N) is 4. The molecule has 0 saturated carbocycles. The SMILES string of the molecule is Cc1ccc(OCCc2ccc(CN3CCN(C(=O)/C=C/c4cc(C)c(Oc5ccc(OCc6cscn6)cn5)c(C)c4)CC3)cc2)cc1. The van der Waals surface area contributed by atoms with Crippen molar-refractivity contribution in [1.29, 1.82) is 0 Å². The van der Waals surface area contributed by atoms with Crippen LogP contribution in [0.3, 0.4) is 0 Å². The maximum Gasteiger partial charge on any atom is 0.246 e. The number of pyridine rings is 1. The molecule has 0 bridgehead atoms. The molecule has 3 aromatic carbocycles. The van der Waals surface area contributed by atoms with E-state index in [4.69, 9.17) is 14.2 Å². The molecular weight excluding hydrogens is 633 g/mol. The summed E-state index contributed by atoms with van der Waals surface area (Å²) in [5.74, 6) is 2.84. The summed E-state index contributed by atoms with van der Waals surface area (Å²) in [6, 6.07) is 24.6. The highest BCUT2D eigenvalue weighted by Gasteiger charge is 2.20. The van der Waals surface area contributed by atoms with Crippen LogP contribution in [-0.2, 0) is 24.4 Å². The molecule has 0 spiro atoms. The first-order valence-corrected chi connectivity index (χ1v) is 17.5. The Morgan fingerprint density at radius 2 is 1.55 bits per heavy atom. The van der Waals surface area contributed by atoms with Gasteiger partial charge in [-0.3, -0.25) is 9.69 Å². The van der Waals surface area contributed by atoms with E-state index < -0.39 is 0 Å². The number of hydrogen-bond donors (Lipinski definition) is 0. The lowest BCUT2D eigenvalue weighted by atomic mass is 10.1. The van der Waals surface area contributed by atoms with Crippen molar-refractivity contribution in [1.82, 2.24) is 19.8 Å². The zero-order valence-electron chi connectivity index (χ0n) is 28.3. The Hall–Kier alpha value is -4.99. The molecule has 49 heavy (non-hydrogen) atoms. The van der Waals surface area contributed by atoms with Gasteiger partial charge in [0.25, 0.3) is 0 Å². The lowest BCUT2D eigenvalue weighted by Crippen LogP contribution is -2.47. The van der Waals surface area contributed by atoms with Crippen molar-refractivity contribution >= 4 is 23.3 Å². The quantitative estimate of drug-likeness (QED) is 0.118. The highest BCUT2D eigenvalue weighted by Crippen LogP contribution is 2.30. The van der Waals surface area contributed by atoms with Crippen LogP contribution >= 0.6 is 11.3 Å². The van der Waals surface area contributed by atoms with E-state index in [-0.39, 0.29) is 5.91 Å². The minimum absolute atomic E-state index is 0.0359. The molecule has 1 amide bonds. The average molecular weight is 675 g/mol. The highest BCUT2D eigenvalue weighted by molar-refractivity contribution is 7.07. The van der Waals surface area contributed by atoms with Crippen LogP contribution in [0.2, 0.25) is 0 Å². The number of benzene rings is 3. The van der Waals surface area contributed by atoms with E-state index >= 15 is 0 Å². The van der Waals surface area contributed by atoms with Crippen LogP contribution in [0.5, 0.6) is 23.1 Å². The number of rotatable bonds is 13. The summed E-state index contributed by atoms with van der Waals surface area (Å²) in [7, 11) is 0. The van der Waals surface area contributed by atoms with Crippen LogP contribution < -0.4 is 14.2 Å². The van der Waals surface area contributed by atoms with E-state index in [1.54, 1.807) is 35.2 Å². The van der Waals surface area contributed by atoms with Gasteiger partial charge in [-0.25, -0.2) is 9.97 Å². The second-order valence-electron chi connectivity index (χ2n) is 12.3. The largest absolute Gasteiger partial charge is 0.493 e. The van der Waals surface area contributed by atoms with E-state index in [1.165, 1.54) is 16.7 Å². The number of piperazine rings is 1. The number of aromatic nitrogens is 2. The minimum Gasteiger partial charge on any atom is -0.493 e. The third-order valence-electron chi connectivity index (χ3n) is 8.48. The van der Waals surface area contributed by atoms with Gasteiger partial charge < -0.3 is 19.1 Å². The van der Waals surface area contributed by atoms with E-state index in [1.807, 2.05) is 60.5 Å². The molecule has 1 fully saturated rings. The molecule has 3 heterocycles. The summed E-state index contributed by atoms with van der Waals surface area (Å²) in [6.07, 6.45) is 6.09. The lowest BCUT2D eigenvalue weighted by Gasteiger charge is -2.34. The first kappa shape index (κ1) is 33.9. The van der Waals surface area contributed by atoms with E-state index in [2.05, 4.69) is 58.2 Å². The Balaban J connectivity index is 0.933. The maximum absolute atomic E-state index is 13.0. The Morgan fingerprint density at radius 1 is 0.837 bits per heavy atom. The fourth-order valence-corrected chi connectivity index (χ4v) is 6.26. The standard InChI is InChI=1S/C40H42N4O4S/c1-29-4-11-36(12-5-29)46-21-16-32-6-8-33(9-7-32)25-43-17-19-44(20-18-43)39(45)15-10-34-22-30(2)40(31(3)23-34)48-38-14-13-37(24-41-38)47-26-35-27-49-28-42-35/h4-15,22-24,27-28H,16-21,25-26H2,1-3H3/b15-10+. The van der Waals surface area contributed by atoms with Crippen LogP contribution in [0.4, 0.5) is 0 Å². The third kappa shape index (κ3) is 9.78. The fraction of sp³-hybridized carbons (Fsp3) is 0.275. The maximum atomic E-state index is 13.0. The van der Waals surface area contributed by atoms with Crippen molar-refractivity contribution in [2.45, 2.75) is 40.3 Å². The number of thiazole rings is 1. The van der Waals surface area contributed by atoms with Gasteiger partial charge in [0, 0.05) is 56.7 Å². The number of ether oxygens (including phenoxy) is 3. The average Bonchev–Trinajstić information content (AvgIpc) is 3.64. The van der Waals surface area contributed by atoms with Gasteiger partial charge in [-0.15, -0.1) is 11.3 Å². The van der Waals surface area contributed by atoms with Crippen molar-refractivity contribution in [2.24, 2.45) is 0 Å². The van der Waals surface area contributed by atoms with Crippen molar-refractivity contribution in [3.05, 3.63) is 135 Å². The Labute approximate surface area is 292 Å². The normalized spacial score (nSPS) is 13.5. The topological polar surface area (TPSA) is 77.0 Å². The van der Waals surface area contributed by atoms with Gasteiger partial charge in [-0.2, -0.15) is 0 Å². The molecule has 1 saturated heterocycles. The second-order valence-corrected chi connectivity index (χ2v) is 13.1. The van der Waals surface area contributed by atoms with Gasteiger partial charge in [0.05, 0.1) is 24.0 Å². The minimum atomic E-state index is 0.0359. The van der Waals surface area contributed by atoms with Crippen molar-refractivity contribution in [2.75, 3.05) is 32.8 Å². The van der Waals surface area contributed by atoms with Gasteiger partial charge in [0.15, 0.2) is 0 Å². The van der Waals surface area contributed by atoms with Gasteiger partial charge in [0.1, 0.15) is 23.9 Å². The molecule has 6 rings (SSSR count). The molecule has 1 aliphatic rings. The lowest BCUT2D eigenvalue weighted by molar-refractivity contribution is -0.127. The molecule has 1 aliphatic heterocycles. The number of carbonyl (C=O) groups excluding carboxylic acids is 1. The summed E-state index contributed by atoms with van der Waals surface area (Å²) >= 11 is 1.54. The molecule has 2 aromatic heterocycles. The van der Waals surface area contributed by atoms with E-state index in [9.17, 15) is 4.79 Å². The van der Waals surface area contributed by atoms with Crippen LogP contribution in [0.25, 0.3) is 6.08 Å². The van der Waals surface area contributed by atoms with Gasteiger partial charge in [-0.05, 0) is 85.0 Å². The molecule has 0 radical (unpaired) electrons. The first-order valence-electron chi connectivity index (χ1n) is 16.6. The van der Waals surface area contributed by atoms with Crippen molar-refractivity contribution in [3.8, 4) is 23.1 Å². The monoisotopic (exact) mass is 674 g/mol.